The van der Waals surface area contributed by atoms with Gasteiger partial charge >= 0.3 is 6.03 Å². The Morgan fingerprint density at radius 2 is 2.03 bits per heavy atom. The summed E-state index contributed by atoms with van der Waals surface area (Å²) in [5, 5.41) is 13.9. The predicted molar refractivity (Wildman–Crippen MR) is 120 cm³/mol. The van der Waals surface area contributed by atoms with Crippen LogP contribution in [0.3, 0.4) is 0 Å². The van der Waals surface area contributed by atoms with E-state index >= 15 is 0 Å². The number of hydrogen-bond acceptors (Lipinski definition) is 6. The van der Waals surface area contributed by atoms with Gasteiger partial charge in [0.2, 0.25) is 0 Å². The molecule has 2 aromatic carbocycles. The molecule has 2 aromatic heterocycles. The molecule has 0 aliphatic rings. The van der Waals surface area contributed by atoms with E-state index in [1.54, 1.807) is 48.3 Å². The Kier molecular flexibility index (Phi) is 6.19. The normalized spacial score (nSPS) is 10.8. The van der Waals surface area contributed by atoms with Crippen molar-refractivity contribution in [1.82, 2.24) is 14.9 Å². The fourth-order valence-corrected chi connectivity index (χ4v) is 3.40. The summed E-state index contributed by atoms with van der Waals surface area (Å²) in [7, 11) is 1.59. The van der Waals surface area contributed by atoms with Crippen molar-refractivity contribution in [1.29, 1.82) is 5.26 Å². The van der Waals surface area contributed by atoms with Gasteiger partial charge in [0.25, 0.3) is 0 Å². The van der Waals surface area contributed by atoms with Crippen LogP contribution in [-0.2, 0) is 4.74 Å². The molecule has 32 heavy (non-hydrogen) atoms. The summed E-state index contributed by atoms with van der Waals surface area (Å²) in [6.07, 6.45) is 3.37. The number of hydrogen-bond donors (Lipinski definition) is 1. The van der Waals surface area contributed by atoms with Crippen LogP contribution in [0, 0.1) is 11.3 Å². The molecule has 0 unspecified atom stereocenters. The van der Waals surface area contributed by atoms with Gasteiger partial charge in [-0.15, -0.1) is 0 Å². The Balaban J connectivity index is 1.66. The molecule has 0 saturated carbocycles. The van der Waals surface area contributed by atoms with Crippen LogP contribution in [0.15, 0.2) is 54.9 Å². The van der Waals surface area contributed by atoms with Gasteiger partial charge < -0.3 is 19.5 Å². The van der Waals surface area contributed by atoms with Gasteiger partial charge in [-0.05, 0) is 43.3 Å². The van der Waals surface area contributed by atoms with E-state index in [9.17, 15) is 10.1 Å². The average molecular weight is 430 g/mol. The van der Waals surface area contributed by atoms with Crippen LogP contribution >= 0.6 is 0 Å². The summed E-state index contributed by atoms with van der Waals surface area (Å²) >= 11 is 0. The van der Waals surface area contributed by atoms with Crippen molar-refractivity contribution in [3.05, 3.63) is 60.4 Å². The number of nitriles is 1. The summed E-state index contributed by atoms with van der Waals surface area (Å²) in [5.74, 6) is 1.63. The van der Waals surface area contributed by atoms with Crippen LogP contribution in [0.2, 0.25) is 0 Å². The minimum atomic E-state index is -0.177. The molecule has 0 fully saturated rings. The molecule has 0 saturated heterocycles. The highest BCUT2D eigenvalue weighted by Crippen LogP contribution is 2.34. The molecule has 0 spiro atoms. The average Bonchev–Trinajstić information content (AvgIpc) is 3.22. The molecule has 4 rings (SSSR count). The second-order valence-electron chi connectivity index (χ2n) is 6.97. The van der Waals surface area contributed by atoms with E-state index in [-0.39, 0.29) is 6.03 Å². The molecule has 0 radical (unpaired) electrons. The lowest BCUT2D eigenvalue weighted by molar-refractivity contribution is 0.146. The zero-order valence-corrected chi connectivity index (χ0v) is 17.8. The van der Waals surface area contributed by atoms with Gasteiger partial charge in [0.15, 0.2) is 0 Å². The molecule has 4 aromatic rings. The van der Waals surface area contributed by atoms with E-state index in [1.165, 1.54) is 0 Å². The van der Waals surface area contributed by atoms with Crippen LogP contribution < -0.4 is 14.8 Å². The van der Waals surface area contributed by atoms with Crippen molar-refractivity contribution in [3.63, 3.8) is 0 Å². The van der Waals surface area contributed by atoms with Crippen molar-refractivity contribution in [2.45, 2.75) is 6.92 Å². The van der Waals surface area contributed by atoms with E-state index in [4.69, 9.17) is 14.2 Å². The number of ether oxygens (including phenoxy) is 3. The Hall–Kier alpha value is -4.09. The SMILES string of the molecule is CCNC(=O)n1ccc2cc(Oc3ccnc4cc(OCCOC)c(C#N)cc34)ccc21. The second-order valence-corrected chi connectivity index (χ2v) is 6.97. The lowest BCUT2D eigenvalue weighted by atomic mass is 10.1. The maximum absolute atomic E-state index is 12.2. The summed E-state index contributed by atoms with van der Waals surface area (Å²) < 4.78 is 18.4. The van der Waals surface area contributed by atoms with E-state index < -0.39 is 0 Å². The standard InChI is InChI=1S/C24H22N4O4/c1-3-26-24(29)28-9-7-16-12-18(4-5-21(16)28)32-22-6-8-27-20-14-23(31-11-10-30-2)17(15-25)13-19(20)22/h4-9,12-14H,3,10-11H2,1-2H3,(H,26,29). The van der Waals surface area contributed by atoms with Crippen LogP contribution in [0.25, 0.3) is 21.8 Å². The number of methoxy groups -OCH3 is 1. The molecule has 2 heterocycles. The molecule has 8 heteroatoms. The number of pyridine rings is 1. The maximum atomic E-state index is 12.2. The lowest BCUT2D eigenvalue weighted by Crippen LogP contribution is -2.27. The molecule has 1 amide bonds. The Labute approximate surface area is 184 Å². The Morgan fingerprint density at radius 1 is 1.16 bits per heavy atom. The molecule has 0 aliphatic carbocycles. The summed E-state index contributed by atoms with van der Waals surface area (Å²) in [6.45, 7) is 3.19. The highest BCUT2D eigenvalue weighted by Gasteiger charge is 2.13. The van der Waals surface area contributed by atoms with Crippen molar-refractivity contribution in [2.24, 2.45) is 0 Å². The zero-order chi connectivity index (χ0) is 22.5. The first-order valence-electron chi connectivity index (χ1n) is 10.2. The number of nitrogens with zero attached hydrogens (tertiary/aromatic N) is 3. The monoisotopic (exact) mass is 430 g/mol. The number of benzene rings is 2. The van der Waals surface area contributed by atoms with Gasteiger partial charge in [0.1, 0.15) is 29.9 Å². The number of fused-ring (bicyclic) bond motifs is 2. The first kappa shape index (κ1) is 21.2. The Morgan fingerprint density at radius 3 is 2.81 bits per heavy atom. The van der Waals surface area contributed by atoms with Crippen molar-refractivity contribution in [2.75, 3.05) is 26.9 Å². The number of aromatic nitrogens is 2. The number of amides is 1. The third-order valence-corrected chi connectivity index (χ3v) is 4.90. The van der Waals surface area contributed by atoms with Crippen LogP contribution in [0.4, 0.5) is 4.79 Å². The molecular formula is C24H22N4O4. The lowest BCUT2D eigenvalue weighted by Gasteiger charge is -2.12. The van der Waals surface area contributed by atoms with E-state index in [2.05, 4.69) is 16.4 Å². The number of nitrogens with one attached hydrogen (secondary N) is 1. The molecular weight excluding hydrogens is 408 g/mol. The van der Waals surface area contributed by atoms with Crippen LogP contribution in [-0.4, -0.2) is 42.5 Å². The van der Waals surface area contributed by atoms with E-state index in [1.807, 2.05) is 25.1 Å². The zero-order valence-electron chi connectivity index (χ0n) is 17.8. The van der Waals surface area contributed by atoms with Crippen LogP contribution in [0.5, 0.6) is 17.2 Å². The number of carbonyl (C=O) groups excluding carboxylic acids is 1. The molecule has 0 atom stereocenters. The third-order valence-electron chi connectivity index (χ3n) is 4.90. The minimum Gasteiger partial charge on any atom is -0.490 e. The molecule has 162 valence electrons. The smallest absolute Gasteiger partial charge is 0.326 e. The quantitative estimate of drug-likeness (QED) is 0.435. The van der Waals surface area contributed by atoms with E-state index in [0.717, 1.165) is 10.9 Å². The maximum Gasteiger partial charge on any atom is 0.326 e. The highest BCUT2D eigenvalue weighted by atomic mass is 16.5. The fraction of sp³-hybridized carbons (Fsp3) is 0.208. The fourth-order valence-electron chi connectivity index (χ4n) is 3.40. The highest BCUT2D eigenvalue weighted by molar-refractivity contribution is 5.92. The largest absolute Gasteiger partial charge is 0.490 e. The third kappa shape index (κ3) is 4.19. The molecule has 0 aliphatic heterocycles. The van der Waals surface area contributed by atoms with Gasteiger partial charge in [0, 0.05) is 42.9 Å². The van der Waals surface area contributed by atoms with Gasteiger partial charge in [0.05, 0.1) is 23.2 Å². The first-order valence-corrected chi connectivity index (χ1v) is 10.2. The number of carbonyl (C=O) groups is 1. The predicted octanol–water partition coefficient (Wildman–Crippen LogP) is 4.46. The summed E-state index contributed by atoms with van der Waals surface area (Å²) in [6, 6.07) is 14.5. The summed E-state index contributed by atoms with van der Waals surface area (Å²) in [4.78, 5) is 16.6. The van der Waals surface area contributed by atoms with Gasteiger partial charge in [-0.2, -0.15) is 5.26 Å². The second kappa shape index (κ2) is 9.37. The van der Waals surface area contributed by atoms with Crippen molar-refractivity contribution >= 4 is 27.8 Å². The van der Waals surface area contributed by atoms with E-state index in [0.29, 0.717) is 53.5 Å². The molecule has 0 bridgehead atoms. The van der Waals surface area contributed by atoms with Gasteiger partial charge in [-0.1, -0.05) is 0 Å². The van der Waals surface area contributed by atoms with Crippen molar-refractivity contribution < 1.29 is 19.0 Å². The first-order chi connectivity index (χ1) is 15.6. The molecule has 8 nitrogen and oxygen atoms in total. The van der Waals surface area contributed by atoms with Gasteiger partial charge in [-0.3, -0.25) is 9.55 Å². The number of rotatable bonds is 7. The van der Waals surface area contributed by atoms with Crippen molar-refractivity contribution in [3.8, 4) is 23.3 Å². The topological polar surface area (TPSA) is 98.4 Å². The Bertz CT molecular complexity index is 1320. The van der Waals surface area contributed by atoms with Crippen LogP contribution in [0.1, 0.15) is 12.5 Å². The minimum absolute atomic E-state index is 0.177. The van der Waals surface area contributed by atoms with Gasteiger partial charge in [-0.25, -0.2) is 4.79 Å². The molecule has 1 N–H and O–H groups in total. The summed E-state index contributed by atoms with van der Waals surface area (Å²) in [5.41, 5.74) is 1.82.